The van der Waals surface area contributed by atoms with Crippen LogP contribution in [0.3, 0.4) is 0 Å². The molecule has 8 aliphatic heterocycles. The van der Waals surface area contributed by atoms with Gasteiger partial charge in [0.1, 0.15) is 18.0 Å². The van der Waals surface area contributed by atoms with Crippen LogP contribution in [0, 0.1) is 11.8 Å². The second kappa shape index (κ2) is 15.9. The lowest BCUT2D eigenvalue weighted by atomic mass is 9.81. The van der Waals surface area contributed by atoms with E-state index < -0.39 is 18.0 Å². The van der Waals surface area contributed by atoms with Crippen LogP contribution in [0.4, 0.5) is 0 Å². The Morgan fingerprint density at radius 2 is 1.60 bits per heavy atom. The Bertz CT molecular complexity index is 1350. The number of carbonyl (C=O) groups is 1. The van der Waals surface area contributed by atoms with Crippen molar-refractivity contribution in [3.63, 3.8) is 0 Å². The molecule has 0 aromatic carbocycles. The van der Waals surface area contributed by atoms with Gasteiger partial charge in [-0.3, -0.25) is 4.79 Å². The molecule has 8 fully saturated rings. The average Bonchev–Trinajstić information content (AvgIpc) is 3.77. The maximum absolute atomic E-state index is 14.1. The minimum atomic E-state index is -0.820. The number of aliphatic hydroxyl groups excluding tert-OH is 1. The molecule has 10 bridgehead atoms. The molecule has 3 N–H and O–H groups in total. The summed E-state index contributed by atoms with van der Waals surface area (Å²) in [5.74, 6) is -0.653. The molecule has 1 unspecified atom stereocenters. The summed E-state index contributed by atoms with van der Waals surface area (Å²) in [5, 5.41) is 10.5. The van der Waals surface area contributed by atoms with Crippen LogP contribution in [0.1, 0.15) is 96.8 Å². The lowest BCUT2D eigenvalue weighted by molar-refractivity contribution is -0.277. The first kappa shape index (κ1) is 38.6. The molecule has 298 valence electrons. The Labute approximate surface area is 314 Å². The first-order chi connectivity index (χ1) is 25.5. The van der Waals surface area contributed by atoms with Gasteiger partial charge in [-0.15, -0.1) is 0 Å². The van der Waals surface area contributed by atoms with Crippen LogP contribution in [0.25, 0.3) is 0 Å². The number of fused-ring (bicyclic) bond motifs is 9. The monoisotopic (exact) mass is 745 g/mol. The van der Waals surface area contributed by atoms with Crippen LogP contribution in [0.2, 0.25) is 0 Å². The number of nitrogens with two attached hydrogens (primary N) is 1. The van der Waals surface area contributed by atoms with Crippen LogP contribution in [-0.4, -0.2) is 129 Å². The fraction of sp³-hybridized carbons (Fsp3) is 0.878. The molecule has 1 spiro atoms. The number of aliphatic hydroxyl groups is 1. The summed E-state index contributed by atoms with van der Waals surface area (Å²) in [5.41, 5.74) is 8.01. The second-order valence-electron chi connectivity index (χ2n) is 17.4. The van der Waals surface area contributed by atoms with Gasteiger partial charge in [0, 0.05) is 71.6 Å². The Hall–Kier alpha value is -1.29. The van der Waals surface area contributed by atoms with E-state index in [0.29, 0.717) is 38.5 Å². The Morgan fingerprint density at radius 1 is 0.811 bits per heavy atom. The summed E-state index contributed by atoms with van der Waals surface area (Å²) in [6.07, 6.45) is 5.80. The van der Waals surface area contributed by atoms with E-state index in [0.717, 1.165) is 56.1 Å². The topological polar surface area (TPSA) is 146 Å². The molecule has 0 saturated carbocycles. The molecule has 53 heavy (non-hydrogen) atoms. The maximum Gasteiger partial charge on any atom is 0.172 e. The van der Waals surface area contributed by atoms with Crippen molar-refractivity contribution in [1.29, 1.82) is 0 Å². The van der Waals surface area contributed by atoms with Gasteiger partial charge in [0.2, 0.25) is 0 Å². The normalized spacial score (nSPS) is 49.6. The summed E-state index contributed by atoms with van der Waals surface area (Å²) >= 11 is 0. The van der Waals surface area contributed by atoms with Crippen molar-refractivity contribution in [2.24, 2.45) is 17.6 Å². The highest BCUT2D eigenvalue weighted by Gasteiger charge is 2.60. The minimum absolute atomic E-state index is 0.0245. The number of ketones is 1. The van der Waals surface area contributed by atoms with E-state index in [9.17, 15) is 9.90 Å². The van der Waals surface area contributed by atoms with E-state index >= 15 is 0 Å². The second-order valence-corrected chi connectivity index (χ2v) is 17.4. The van der Waals surface area contributed by atoms with E-state index in [1.165, 1.54) is 0 Å². The van der Waals surface area contributed by atoms with Gasteiger partial charge in [-0.2, -0.15) is 0 Å². The molecule has 0 radical (unpaired) electrons. The van der Waals surface area contributed by atoms with Crippen molar-refractivity contribution < 1.29 is 52.5 Å². The van der Waals surface area contributed by atoms with E-state index in [1.54, 1.807) is 14.2 Å². The highest BCUT2D eigenvalue weighted by atomic mass is 16.7. The zero-order valence-electron chi connectivity index (χ0n) is 31.9. The molecule has 0 aromatic heterocycles. The summed E-state index contributed by atoms with van der Waals surface area (Å²) in [7, 11) is 3.40. The number of hydrogen-bond donors (Lipinski definition) is 2. The van der Waals surface area contributed by atoms with Gasteiger partial charge in [-0.05, 0) is 62.0 Å². The first-order valence-electron chi connectivity index (χ1n) is 20.5. The van der Waals surface area contributed by atoms with Crippen LogP contribution in [0.5, 0.6) is 0 Å². The van der Waals surface area contributed by atoms with Crippen LogP contribution in [-0.2, 0) is 47.4 Å². The molecule has 8 aliphatic rings. The predicted molar refractivity (Wildman–Crippen MR) is 193 cm³/mol. The highest BCUT2D eigenvalue weighted by Crippen LogP contribution is 2.50. The average molecular weight is 746 g/mol. The largest absolute Gasteiger partial charge is 0.392 e. The van der Waals surface area contributed by atoms with Gasteiger partial charge < -0.3 is 53.5 Å². The van der Waals surface area contributed by atoms with Crippen molar-refractivity contribution >= 4 is 5.78 Å². The van der Waals surface area contributed by atoms with Gasteiger partial charge in [-0.25, -0.2) is 0 Å². The van der Waals surface area contributed by atoms with Crippen LogP contribution >= 0.6 is 0 Å². The summed E-state index contributed by atoms with van der Waals surface area (Å²) in [6.45, 7) is 11.3. The van der Waals surface area contributed by atoms with Crippen LogP contribution < -0.4 is 5.73 Å². The van der Waals surface area contributed by atoms with Crippen molar-refractivity contribution in [1.82, 2.24) is 0 Å². The standard InChI is InChI=1S/C41H63NO11/c1-21-12-26-6-8-30-22(2)13-28(47-30)10-11-41-19-37(45-4)40(53-41)35-18-36(52-41)39-31(50-35)9-7-27(49-39)14-24(43)15-29-33(17-32(48-26)23(21)3)51-34(38(29)46-5)16-25(44)20-42/h21,25-40,44H,2-3,6-20,42H2,1,4-5H3/t21-,25+,26+,27-,28+,29+,30+,31+,32-,33?,34-,35-,36-,37-,38-,39+,40-,41-/m1/s1. The third-order valence-electron chi connectivity index (χ3n) is 13.9. The molecule has 8 heterocycles. The van der Waals surface area contributed by atoms with E-state index in [4.69, 9.17) is 48.4 Å². The molecular weight excluding hydrogens is 682 g/mol. The third-order valence-corrected chi connectivity index (χ3v) is 13.9. The molecule has 8 saturated heterocycles. The van der Waals surface area contributed by atoms with Crippen molar-refractivity contribution in [3.8, 4) is 0 Å². The molecule has 0 aromatic rings. The summed E-state index contributed by atoms with van der Waals surface area (Å²) < 4.78 is 59.5. The molecule has 12 nitrogen and oxygen atoms in total. The van der Waals surface area contributed by atoms with Gasteiger partial charge in [-0.1, -0.05) is 20.1 Å². The highest BCUT2D eigenvalue weighted by molar-refractivity contribution is 5.79. The zero-order valence-corrected chi connectivity index (χ0v) is 31.9. The lowest BCUT2D eigenvalue weighted by Gasteiger charge is -2.47. The number of Topliss-reactive ketones (excluding diaryl/α,β-unsaturated/α-hetero) is 1. The zero-order chi connectivity index (χ0) is 37.0. The van der Waals surface area contributed by atoms with Crippen molar-refractivity contribution in [2.45, 2.75) is 194 Å². The number of rotatable bonds is 5. The van der Waals surface area contributed by atoms with E-state index in [-0.39, 0.29) is 110 Å². The van der Waals surface area contributed by atoms with E-state index in [1.807, 2.05) is 0 Å². The Kier molecular flexibility index (Phi) is 11.6. The lowest BCUT2D eigenvalue weighted by Crippen LogP contribution is -2.58. The molecule has 0 amide bonds. The molecular formula is C41H63NO11. The number of ether oxygens (including phenoxy) is 9. The van der Waals surface area contributed by atoms with Crippen molar-refractivity contribution in [3.05, 3.63) is 24.3 Å². The smallest absolute Gasteiger partial charge is 0.172 e. The third kappa shape index (κ3) is 7.86. The van der Waals surface area contributed by atoms with Gasteiger partial charge >= 0.3 is 0 Å². The van der Waals surface area contributed by atoms with Gasteiger partial charge in [0.05, 0.1) is 79.4 Å². The van der Waals surface area contributed by atoms with E-state index in [2.05, 4.69) is 20.1 Å². The Balaban J connectivity index is 1.06. The quantitative estimate of drug-likeness (QED) is 0.391. The number of hydrogen-bond acceptors (Lipinski definition) is 12. The fourth-order valence-corrected chi connectivity index (χ4v) is 11.0. The number of carbonyl (C=O) groups excluding carboxylic acids is 1. The predicted octanol–water partition coefficient (Wildman–Crippen LogP) is 4.08. The SMILES string of the molecule is C=C1C[C@@H]2CC[C@]34C[C@@H](OC)[C@H](O3)[C@H]3C[C@@H](O4)[C@H]4O[C@H](CC[C@@H]4O3)CC(=O)C[C@H]3C(C[C@H]4O[C@@H](CC[C@@H]1O2)C[C@@H](C)C4=C)O[C@H](C[C@H](O)CN)[C@@H]3OC. The molecule has 12 heteroatoms. The number of methoxy groups -OCH3 is 2. The molecule has 8 rings (SSSR count). The summed E-state index contributed by atoms with van der Waals surface area (Å²) in [6, 6.07) is 0. The van der Waals surface area contributed by atoms with Gasteiger partial charge in [0.15, 0.2) is 5.79 Å². The molecule has 0 aliphatic carbocycles. The Morgan fingerprint density at radius 3 is 2.40 bits per heavy atom. The summed E-state index contributed by atoms with van der Waals surface area (Å²) in [4.78, 5) is 14.1. The first-order valence-corrected chi connectivity index (χ1v) is 20.5. The van der Waals surface area contributed by atoms with Crippen molar-refractivity contribution in [2.75, 3.05) is 20.8 Å². The van der Waals surface area contributed by atoms with Crippen LogP contribution in [0.15, 0.2) is 24.3 Å². The van der Waals surface area contributed by atoms with Gasteiger partial charge in [0.25, 0.3) is 0 Å². The fourth-order valence-electron chi connectivity index (χ4n) is 11.0. The minimum Gasteiger partial charge on any atom is -0.392 e. The molecule has 18 atom stereocenters. The maximum atomic E-state index is 14.1.